The Morgan fingerprint density at radius 3 is 2.43 bits per heavy atom. The molecule has 0 saturated carbocycles. The lowest BCUT2D eigenvalue weighted by Crippen LogP contribution is -2.41. The van der Waals surface area contributed by atoms with E-state index in [9.17, 15) is 13.2 Å². The number of anilines is 2. The predicted molar refractivity (Wildman–Crippen MR) is 85.3 cm³/mol. The zero-order chi connectivity index (χ0) is 16.2. The number of nitrogens with one attached hydrogen (secondary N) is 1. The van der Waals surface area contributed by atoms with Crippen LogP contribution in [0.1, 0.15) is 27.7 Å². The molecular weight excluding hydrogens is 312 g/mol. The van der Waals surface area contributed by atoms with Crippen LogP contribution in [0.25, 0.3) is 0 Å². The molecule has 1 rings (SSSR count). The Bertz CT molecular complexity index is 594. The predicted octanol–water partition coefficient (Wildman–Crippen LogP) is 1.19. The van der Waals surface area contributed by atoms with Crippen molar-refractivity contribution >= 4 is 38.1 Å². The molecule has 1 heterocycles. The number of hydrogen-bond donors (Lipinski definition) is 2. The summed E-state index contributed by atoms with van der Waals surface area (Å²) in [6, 6.07) is -0.546. The summed E-state index contributed by atoms with van der Waals surface area (Å²) >= 11 is 0.955. The number of hydrogen-bond acceptors (Lipinski definition) is 7. The molecule has 0 aliphatic rings. The maximum atomic E-state index is 12.2. The molecule has 0 radical (unpaired) electrons. The molecule has 21 heavy (non-hydrogen) atoms. The number of nitrogens with two attached hydrogens (primary N) is 1. The van der Waals surface area contributed by atoms with Crippen LogP contribution in [-0.2, 0) is 14.6 Å². The molecule has 0 bridgehead atoms. The van der Waals surface area contributed by atoms with Crippen LogP contribution < -0.4 is 11.1 Å². The van der Waals surface area contributed by atoms with Crippen LogP contribution in [0.3, 0.4) is 0 Å². The van der Waals surface area contributed by atoms with Gasteiger partial charge in [-0.2, -0.15) is 4.37 Å². The van der Waals surface area contributed by atoms with E-state index in [0.717, 1.165) is 11.5 Å². The molecule has 0 fully saturated rings. The van der Waals surface area contributed by atoms with Gasteiger partial charge in [-0.3, -0.25) is 4.79 Å². The minimum absolute atomic E-state index is 0.00537. The number of nitrogens with zero attached hydrogens (tertiary/aromatic N) is 2. The fourth-order valence-corrected chi connectivity index (χ4v) is 4.14. The highest BCUT2D eigenvalue weighted by Gasteiger charge is 2.27. The SMILES string of the molecule is CCN(CC)C(=O)C(C)Nc1snc(N)c1S(=O)(=O)CC. The van der Waals surface area contributed by atoms with E-state index < -0.39 is 15.9 Å². The van der Waals surface area contributed by atoms with Crippen molar-refractivity contribution in [3.8, 4) is 0 Å². The second kappa shape index (κ2) is 7.08. The second-order valence-electron chi connectivity index (χ2n) is 4.51. The van der Waals surface area contributed by atoms with Crippen molar-refractivity contribution in [1.82, 2.24) is 9.27 Å². The number of likely N-dealkylation sites (N-methyl/N-ethyl adjacent to an activating group) is 1. The van der Waals surface area contributed by atoms with E-state index in [2.05, 4.69) is 9.69 Å². The van der Waals surface area contributed by atoms with Crippen molar-refractivity contribution in [2.75, 3.05) is 29.9 Å². The first-order chi connectivity index (χ1) is 9.78. The Kier molecular flexibility index (Phi) is 5.97. The molecule has 7 nitrogen and oxygen atoms in total. The third-order valence-corrected chi connectivity index (χ3v) is 5.88. The molecule has 1 aromatic heterocycles. The lowest BCUT2D eigenvalue weighted by Gasteiger charge is -2.23. The number of sulfone groups is 1. The first kappa shape index (κ1) is 17.7. The highest BCUT2D eigenvalue weighted by Crippen LogP contribution is 2.32. The Morgan fingerprint density at radius 2 is 1.95 bits per heavy atom. The van der Waals surface area contributed by atoms with E-state index >= 15 is 0 Å². The minimum Gasteiger partial charge on any atom is -0.382 e. The van der Waals surface area contributed by atoms with Gasteiger partial charge in [-0.15, -0.1) is 0 Å². The lowest BCUT2D eigenvalue weighted by atomic mass is 10.3. The number of aromatic nitrogens is 1. The normalized spacial score (nSPS) is 13.0. The van der Waals surface area contributed by atoms with Crippen molar-refractivity contribution in [1.29, 1.82) is 0 Å². The summed E-state index contributed by atoms with van der Waals surface area (Å²) in [5.74, 6) is -0.179. The first-order valence-corrected chi connectivity index (χ1v) is 9.24. The molecule has 1 aromatic rings. The minimum atomic E-state index is -3.48. The van der Waals surface area contributed by atoms with Crippen molar-refractivity contribution < 1.29 is 13.2 Å². The van der Waals surface area contributed by atoms with Gasteiger partial charge in [-0.05, 0) is 32.3 Å². The zero-order valence-corrected chi connectivity index (χ0v) is 14.3. The highest BCUT2D eigenvalue weighted by atomic mass is 32.2. The van der Waals surface area contributed by atoms with Gasteiger partial charge < -0.3 is 16.0 Å². The monoisotopic (exact) mass is 334 g/mol. The summed E-state index contributed by atoms with van der Waals surface area (Å²) < 4.78 is 28.0. The van der Waals surface area contributed by atoms with Gasteiger partial charge in [0, 0.05) is 13.1 Å². The largest absolute Gasteiger partial charge is 0.382 e. The molecule has 0 spiro atoms. The summed E-state index contributed by atoms with van der Waals surface area (Å²) in [7, 11) is -3.48. The summed E-state index contributed by atoms with van der Waals surface area (Å²) in [6.45, 7) is 8.23. The summed E-state index contributed by atoms with van der Waals surface area (Å²) in [4.78, 5) is 13.9. The first-order valence-electron chi connectivity index (χ1n) is 6.81. The zero-order valence-electron chi connectivity index (χ0n) is 12.7. The lowest BCUT2D eigenvalue weighted by molar-refractivity contribution is -0.131. The van der Waals surface area contributed by atoms with Crippen LogP contribution >= 0.6 is 11.5 Å². The third-order valence-electron chi connectivity index (χ3n) is 3.16. The van der Waals surface area contributed by atoms with Crippen molar-refractivity contribution in [2.24, 2.45) is 0 Å². The molecule has 0 aliphatic heterocycles. The van der Waals surface area contributed by atoms with Crippen molar-refractivity contribution in [3.05, 3.63) is 0 Å². The van der Waals surface area contributed by atoms with Crippen molar-refractivity contribution in [2.45, 2.75) is 38.6 Å². The standard InChI is InChI=1S/C12H22N4O3S2/c1-5-16(6-2)12(17)8(4)14-11-9(10(13)15-20-11)21(18,19)7-3/h8,14H,5-7H2,1-4H3,(H2,13,15). The number of carbonyl (C=O) groups is 1. The topological polar surface area (TPSA) is 105 Å². The van der Waals surface area contributed by atoms with Crippen LogP contribution in [0.5, 0.6) is 0 Å². The molecular formula is C12H22N4O3S2. The van der Waals surface area contributed by atoms with E-state index in [0.29, 0.717) is 18.1 Å². The number of rotatable bonds is 7. The summed E-state index contributed by atoms with van der Waals surface area (Å²) in [5.41, 5.74) is 5.65. The quantitative estimate of drug-likeness (QED) is 0.776. The Morgan fingerprint density at radius 1 is 1.38 bits per heavy atom. The van der Waals surface area contributed by atoms with Gasteiger partial charge >= 0.3 is 0 Å². The Labute approximate surface area is 129 Å². The molecule has 9 heteroatoms. The van der Waals surface area contributed by atoms with Crippen LogP contribution in [-0.4, -0.2) is 48.5 Å². The Balaban J connectivity index is 3.02. The van der Waals surface area contributed by atoms with Gasteiger partial charge in [-0.1, -0.05) is 6.92 Å². The van der Waals surface area contributed by atoms with Crippen LogP contribution in [0.2, 0.25) is 0 Å². The van der Waals surface area contributed by atoms with Gasteiger partial charge in [0.1, 0.15) is 15.9 Å². The molecule has 0 aliphatic carbocycles. The molecule has 3 N–H and O–H groups in total. The number of amides is 1. The molecule has 120 valence electrons. The van der Waals surface area contributed by atoms with E-state index in [1.807, 2.05) is 13.8 Å². The van der Waals surface area contributed by atoms with E-state index in [1.54, 1.807) is 18.7 Å². The third kappa shape index (κ3) is 3.85. The molecule has 1 unspecified atom stereocenters. The number of carbonyl (C=O) groups excluding carboxylic acids is 1. The van der Waals surface area contributed by atoms with E-state index in [1.165, 1.54) is 0 Å². The van der Waals surface area contributed by atoms with E-state index in [-0.39, 0.29) is 22.4 Å². The molecule has 0 saturated heterocycles. The Hall–Kier alpha value is -1.35. The smallest absolute Gasteiger partial charge is 0.244 e. The molecule has 1 amide bonds. The van der Waals surface area contributed by atoms with Gasteiger partial charge in [-0.25, -0.2) is 8.42 Å². The van der Waals surface area contributed by atoms with Gasteiger partial charge in [0.15, 0.2) is 15.7 Å². The van der Waals surface area contributed by atoms with Crippen LogP contribution in [0, 0.1) is 0 Å². The number of nitrogen functional groups attached to an aromatic ring is 1. The molecule has 0 aromatic carbocycles. The molecule has 1 atom stereocenters. The summed E-state index contributed by atoms with van der Waals surface area (Å²) in [6.07, 6.45) is 0. The van der Waals surface area contributed by atoms with Crippen LogP contribution in [0.15, 0.2) is 4.90 Å². The van der Waals surface area contributed by atoms with Crippen LogP contribution in [0.4, 0.5) is 10.8 Å². The highest BCUT2D eigenvalue weighted by molar-refractivity contribution is 7.91. The van der Waals surface area contributed by atoms with E-state index in [4.69, 9.17) is 5.73 Å². The maximum absolute atomic E-state index is 12.2. The van der Waals surface area contributed by atoms with Gasteiger partial charge in [0.25, 0.3) is 0 Å². The second-order valence-corrected chi connectivity index (χ2v) is 7.49. The van der Waals surface area contributed by atoms with Gasteiger partial charge in [0.05, 0.1) is 5.75 Å². The fourth-order valence-electron chi connectivity index (χ4n) is 1.90. The average molecular weight is 334 g/mol. The average Bonchev–Trinajstić information content (AvgIpc) is 2.81. The fraction of sp³-hybridized carbons (Fsp3) is 0.667. The summed E-state index contributed by atoms with van der Waals surface area (Å²) in [5, 5.41) is 3.25. The maximum Gasteiger partial charge on any atom is 0.244 e. The van der Waals surface area contributed by atoms with Crippen molar-refractivity contribution in [3.63, 3.8) is 0 Å². The van der Waals surface area contributed by atoms with Gasteiger partial charge in [0.2, 0.25) is 5.91 Å².